The summed E-state index contributed by atoms with van der Waals surface area (Å²) in [5.41, 5.74) is 11.8. The summed E-state index contributed by atoms with van der Waals surface area (Å²) in [6.07, 6.45) is 14.7. The fourth-order valence-electron chi connectivity index (χ4n) is 7.23. The number of pyridine rings is 7. The predicted octanol–water partition coefficient (Wildman–Crippen LogP) is 11.8. The van der Waals surface area contributed by atoms with Gasteiger partial charge in [-0.25, -0.2) is 9.97 Å². The van der Waals surface area contributed by atoms with Gasteiger partial charge in [-0.3, -0.25) is 24.9 Å². The Morgan fingerprint density at radius 1 is 0.397 bits per heavy atom. The highest BCUT2D eigenvalue weighted by atomic mass is 14.8. The molecule has 7 heteroatoms. The molecule has 4 aromatic carbocycles. The molecule has 0 aliphatic heterocycles. The van der Waals surface area contributed by atoms with Gasteiger partial charge in [0, 0.05) is 69.5 Å². The summed E-state index contributed by atoms with van der Waals surface area (Å²) in [5.74, 6) is 0. The van der Waals surface area contributed by atoms with Crippen molar-refractivity contribution in [3.8, 4) is 11.4 Å². The molecular weight excluding hydrogens is 711 g/mol. The van der Waals surface area contributed by atoms with Crippen molar-refractivity contribution in [2.75, 3.05) is 0 Å². The molecule has 0 spiro atoms. The van der Waals surface area contributed by atoms with E-state index in [1.54, 1.807) is 30.9 Å². The minimum Gasteiger partial charge on any atom is -0.264 e. The maximum atomic E-state index is 4.85. The molecule has 0 saturated carbocycles. The van der Waals surface area contributed by atoms with Crippen LogP contribution in [-0.2, 0) is 12.8 Å². The first-order valence-electron chi connectivity index (χ1n) is 19.2. The summed E-state index contributed by atoms with van der Waals surface area (Å²) in [4.78, 5) is 31.1. The number of aryl methyl sites for hydroxylation is 2. The lowest BCUT2D eigenvalue weighted by Crippen LogP contribution is -2.06. The first-order valence-corrected chi connectivity index (χ1v) is 19.2. The van der Waals surface area contributed by atoms with Crippen LogP contribution in [0, 0.1) is 0 Å². The molecule has 0 amide bonds. The molecule has 1 aliphatic carbocycles. The molecule has 7 nitrogen and oxygen atoms in total. The molecule has 0 fully saturated rings. The van der Waals surface area contributed by atoms with Crippen LogP contribution in [0.3, 0.4) is 0 Å². The SMILES string of the molecule is C=Cc1cccnc1.c1ccc2nc3c(ccc4cc5ccccc5nc43)cc2c1.c1cnc2c(c1)CCc1cccnc1-2.c1cnc2c(c1)ccc1cccnc12. The third-order valence-electron chi connectivity index (χ3n) is 10.1. The van der Waals surface area contributed by atoms with E-state index in [1.807, 2.05) is 73.1 Å². The lowest BCUT2D eigenvalue weighted by molar-refractivity contribution is 0.912. The Bertz CT molecular complexity index is 3020. The van der Waals surface area contributed by atoms with Gasteiger partial charge in [0.05, 0.1) is 44.5 Å². The van der Waals surface area contributed by atoms with Crippen LogP contribution in [0.15, 0.2) is 189 Å². The Hall–Kier alpha value is -7.77. The average Bonchev–Trinajstić information content (AvgIpc) is 3.31. The van der Waals surface area contributed by atoms with Crippen LogP contribution in [0.5, 0.6) is 0 Å². The third-order valence-corrected chi connectivity index (χ3v) is 10.1. The molecule has 0 radical (unpaired) electrons. The Morgan fingerprint density at radius 3 is 1.33 bits per heavy atom. The molecule has 58 heavy (non-hydrogen) atoms. The molecule has 0 atom stereocenters. The largest absolute Gasteiger partial charge is 0.264 e. The van der Waals surface area contributed by atoms with Crippen molar-refractivity contribution in [2.24, 2.45) is 0 Å². The molecule has 11 aromatic rings. The molecule has 1 aliphatic rings. The maximum Gasteiger partial charge on any atom is 0.0972 e. The van der Waals surface area contributed by atoms with Crippen LogP contribution in [-0.4, -0.2) is 34.9 Å². The monoisotopic (exact) mass is 747 g/mol. The minimum atomic E-state index is 0.974. The van der Waals surface area contributed by atoms with Gasteiger partial charge in [-0.05, 0) is 84.1 Å². The van der Waals surface area contributed by atoms with Crippen LogP contribution in [0.1, 0.15) is 16.7 Å². The van der Waals surface area contributed by atoms with Crippen molar-refractivity contribution in [3.05, 3.63) is 206 Å². The van der Waals surface area contributed by atoms with Crippen molar-refractivity contribution in [1.29, 1.82) is 0 Å². The van der Waals surface area contributed by atoms with E-state index in [2.05, 4.69) is 116 Å². The van der Waals surface area contributed by atoms with Crippen LogP contribution < -0.4 is 0 Å². The van der Waals surface area contributed by atoms with E-state index < -0.39 is 0 Å². The van der Waals surface area contributed by atoms with E-state index >= 15 is 0 Å². The Labute approximate surface area is 335 Å². The van der Waals surface area contributed by atoms with E-state index in [0.717, 1.165) is 95.2 Å². The summed E-state index contributed by atoms with van der Waals surface area (Å²) in [7, 11) is 0. The summed E-state index contributed by atoms with van der Waals surface area (Å²) < 4.78 is 0. The molecule has 0 bridgehead atoms. The van der Waals surface area contributed by atoms with Gasteiger partial charge >= 0.3 is 0 Å². The standard InChI is InChI=1S/C20H12N2.C12H10N2.C12H8N2.C7H7N/c1-3-7-17-13(5-1)11-15-9-10-16-12-14-6-2-4-8-18(14)22-20(16)19(15)21-17;2*1-3-9-5-6-10-4-2-8-14-12(10)11(9)13-7-1;1-2-7-4-3-5-8-6-7/h1-12H;1-4,7-8H,5-6H2;1-8H;2-6H,1H2. The second-order valence-corrected chi connectivity index (χ2v) is 13.8. The molecule has 0 unspecified atom stereocenters. The zero-order valence-electron chi connectivity index (χ0n) is 31.6. The second kappa shape index (κ2) is 16.5. The van der Waals surface area contributed by atoms with E-state index in [0.29, 0.717) is 0 Å². The van der Waals surface area contributed by atoms with E-state index in [1.165, 1.54) is 11.1 Å². The lowest BCUT2D eigenvalue weighted by atomic mass is 9.93. The first-order chi connectivity index (χ1) is 28.7. The molecule has 7 heterocycles. The fourth-order valence-corrected chi connectivity index (χ4v) is 7.23. The van der Waals surface area contributed by atoms with E-state index in [9.17, 15) is 0 Å². The number of rotatable bonds is 1. The van der Waals surface area contributed by atoms with Gasteiger partial charge in [0.1, 0.15) is 0 Å². The molecule has 0 N–H and O–H groups in total. The number of para-hydroxylation sites is 2. The predicted molar refractivity (Wildman–Crippen MR) is 238 cm³/mol. The maximum absolute atomic E-state index is 4.85. The Kier molecular flexibility index (Phi) is 10.2. The first kappa shape index (κ1) is 35.9. The highest BCUT2D eigenvalue weighted by Crippen LogP contribution is 2.30. The lowest BCUT2D eigenvalue weighted by Gasteiger charge is -2.16. The topological polar surface area (TPSA) is 90.2 Å². The van der Waals surface area contributed by atoms with Crippen molar-refractivity contribution in [2.45, 2.75) is 12.8 Å². The molecular formula is C51H37N7. The fraction of sp³-hybridized carbons (Fsp3) is 0.0392. The van der Waals surface area contributed by atoms with Crippen molar-refractivity contribution >= 4 is 71.5 Å². The van der Waals surface area contributed by atoms with E-state index in [-0.39, 0.29) is 0 Å². The molecule has 7 aromatic heterocycles. The van der Waals surface area contributed by atoms with Crippen LogP contribution in [0.2, 0.25) is 0 Å². The summed E-state index contributed by atoms with van der Waals surface area (Å²) in [6, 6.07) is 49.3. The minimum absolute atomic E-state index is 0.974. The summed E-state index contributed by atoms with van der Waals surface area (Å²) in [5, 5.41) is 6.87. The van der Waals surface area contributed by atoms with Gasteiger partial charge < -0.3 is 0 Å². The van der Waals surface area contributed by atoms with Gasteiger partial charge in [-0.15, -0.1) is 0 Å². The van der Waals surface area contributed by atoms with Crippen molar-refractivity contribution in [1.82, 2.24) is 34.9 Å². The van der Waals surface area contributed by atoms with Crippen molar-refractivity contribution < 1.29 is 0 Å². The number of aromatic nitrogens is 7. The average molecular weight is 748 g/mol. The number of benzene rings is 4. The van der Waals surface area contributed by atoms with Crippen LogP contribution >= 0.6 is 0 Å². The number of hydrogen-bond acceptors (Lipinski definition) is 7. The Morgan fingerprint density at radius 2 is 0.845 bits per heavy atom. The number of hydrogen-bond donors (Lipinski definition) is 0. The normalized spacial score (nSPS) is 11.4. The van der Waals surface area contributed by atoms with Crippen LogP contribution in [0.25, 0.3) is 82.9 Å². The quantitative estimate of drug-likeness (QED) is 0.122. The zero-order chi connectivity index (χ0) is 39.1. The molecule has 276 valence electrons. The summed E-state index contributed by atoms with van der Waals surface area (Å²) in [6.45, 7) is 3.59. The van der Waals surface area contributed by atoms with Crippen LogP contribution in [0.4, 0.5) is 0 Å². The van der Waals surface area contributed by atoms with Gasteiger partial charge in [0.25, 0.3) is 0 Å². The van der Waals surface area contributed by atoms with Gasteiger partial charge in [0.15, 0.2) is 0 Å². The van der Waals surface area contributed by atoms with Gasteiger partial charge in [-0.1, -0.05) is 104 Å². The Balaban J connectivity index is 0.000000106. The number of nitrogens with zero attached hydrogens (tertiary/aromatic N) is 7. The zero-order valence-corrected chi connectivity index (χ0v) is 31.6. The van der Waals surface area contributed by atoms with Gasteiger partial charge in [-0.2, -0.15) is 0 Å². The third kappa shape index (κ3) is 7.57. The smallest absolute Gasteiger partial charge is 0.0972 e. The summed E-state index contributed by atoms with van der Waals surface area (Å²) >= 11 is 0. The van der Waals surface area contributed by atoms with Gasteiger partial charge in [0.2, 0.25) is 0 Å². The highest BCUT2D eigenvalue weighted by Gasteiger charge is 2.17. The highest BCUT2D eigenvalue weighted by molar-refractivity contribution is 6.09. The molecule has 12 rings (SSSR count). The number of fused-ring (bicyclic) bond motifs is 11. The van der Waals surface area contributed by atoms with Crippen molar-refractivity contribution in [3.63, 3.8) is 0 Å². The van der Waals surface area contributed by atoms with E-state index in [4.69, 9.17) is 9.97 Å². The second-order valence-electron chi connectivity index (χ2n) is 13.8. The molecule has 0 saturated heterocycles.